The third kappa shape index (κ3) is 5.37. The van der Waals surface area contributed by atoms with Crippen LogP contribution in [0.2, 0.25) is 0 Å². The number of aliphatic hydroxyl groups is 1. The largest absolute Gasteiger partial charge is 0.388 e. The summed E-state index contributed by atoms with van der Waals surface area (Å²) in [6.45, 7) is 2.14. The Morgan fingerprint density at radius 3 is 2.75 bits per heavy atom. The molecule has 0 saturated heterocycles. The number of benzene rings is 1. The van der Waals surface area contributed by atoms with Gasteiger partial charge < -0.3 is 5.11 Å². The summed E-state index contributed by atoms with van der Waals surface area (Å²) in [6, 6.07) is 10.2. The van der Waals surface area contributed by atoms with E-state index in [9.17, 15) is 5.11 Å². The first-order chi connectivity index (χ1) is 7.74. The highest BCUT2D eigenvalue weighted by molar-refractivity contribution is 14.1. The maximum atomic E-state index is 9.84. The molecule has 0 radical (unpaired) electrons. The minimum Gasteiger partial charge on any atom is -0.388 e. The molecule has 0 aromatic heterocycles. The van der Waals surface area contributed by atoms with Crippen LogP contribution in [0.25, 0.3) is 0 Å². The van der Waals surface area contributed by atoms with Crippen LogP contribution < -0.4 is 0 Å². The summed E-state index contributed by atoms with van der Waals surface area (Å²) in [5.74, 6) is 0. The van der Waals surface area contributed by atoms with E-state index in [2.05, 4.69) is 41.6 Å². The zero-order valence-electron chi connectivity index (χ0n) is 9.40. The average Bonchev–Trinajstić information content (AvgIpc) is 2.34. The molecule has 1 aromatic carbocycles. The van der Waals surface area contributed by atoms with E-state index in [1.54, 1.807) is 11.8 Å². The second-order valence-corrected chi connectivity index (χ2v) is 5.78. The summed E-state index contributed by atoms with van der Waals surface area (Å²) in [4.78, 5) is 1.21. The molecule has 0 aliphatic carbocycles. The summed E-state index contributed by atoms with van der Waals surface area (Å²) in [7, 11) is 0. The Hall–Kier alpha value is -0.000000000000000111. The molecule has 0 heterocycles. The normalized spacial score (nSPS) is 13.8. The highest BCUT2D eigenvalue weighted by atomic mass is 127. The molecular formula is C13H17IOS. The van der Waals surface area contributed by atoms with Gasteiger partial charge in [0.25, 0.3) is 0 Å². The van der Waals surface area contributed by atoms with Crippen molar-refractivity contribution in [3.63, 3.8) is 0 Å². The van der Waals surface area contributed by atoms with Crippen LogP contribution in [0.4, 0.5) is 0 Å². The van der Waals surface area contributed by atoms with Crippen molar-refractivity contribution in [1.82, 2.24) is 0 Å². The van der Waals surface area contributed by atoms with Gasteiger partial charge in [0.05, 0.1) is 6.10 Å². The Labute approximate surface area is 115 Å². The molecule has 0 bridgehead atoms. The molecule has 1 atom stereocenters. The minimum atomic E-state index is -0.295. The van der Waals surface area contributed by atoms with Crippen molar-refractivity contribution in [3.8, 4) is 0 Å². The average molecular weight is 348 g/mol. The summed E-state index contributed by atoms with van der Waals surface area (Å²) in [6.07, 6.45) is 2.78. The van der Waals surface area contributed by atoms with E-state index in [-0.39, 0.29) is 6.10 Å². The van der Waals surface area contributed by atoms with Gasteiger partial charge in [-0.15, -0.1) is 0 Å². The molecule has 3 heteroatoms. The lowest BCUT2D eigenvalue weighted by molar-refractivity contribution is 0.207. The predicted octanol–water partition coefficient (Wildman–Crippen LogP) is 4.61. The predicted molar refractivity (Wildman–Crippen MR) is 79.9 cm³/mol. The lowest BCUT2D eigenvalue weighted by atomic mass is 10.2. The minimum absolute atomic E-state index is 0.295. The molecule has 1 N–H and O–H groups in total. The molecule has 0 fully saturated rings. The van der Waals surface area contributed by atoms with Crippen molar-refractivity contribution >= 4 is 34.4 Å². The molecule has 0 amide bonds. The van der Waals surface area contributed by atoms with Crippen LogP contribution in [0, 0.1) is 0 Å². The molecular weight excluding hydrogens is 331 g/mol. The van der Waals surface area contributed by atoms with Crippen molar-refractivity contribution in [3.05, 3.63) is 39.3 Å². The van der Waals surface area contributed by atoms with Gasteiger partial charge in [-0.3, -0.25) is 0 Å². The van der Waals surface area contributed by atoms with Crippen LogP contribution in [0.15, 0.2) is 44.2 Å². The Morgan fingerprint density at radius 2 is 2.12 bits per heavy atom. The Bertz CT molecular complexity index is 324. The zero-order valence-corrected chi connectivity index (χ0v) is 12.4. The van der Waals surface area contributed by atoms with Gasteiger partial charge in [0.1, 0.15) is 0 Å². The fourth-order valence-electron chi connectivity index (χ4n) is 1.24. The molecule has 0 spiro atoms. The summed E-state index contributed by atoms with van der Waals surface area (Å²) in [5.41, 5.74) is 0. The fraction of sp³-hybridized carbons (Fsp3) is 0.385. The van der Waals surface area contributed by atoms with Gasteiger partial charge in [0.15, 0.2) is 0 Å². The van der Waals surface area contributed by atoms with Crippen molar-refractivity contribution in [1.29, 1.82) is 0 Å². The maximum absolute atomic E-state index is 9.84. The van der Waals surface area contributed by atoms with Gasteiger partial charge >= 0.3 is 0 Å². The second kappa shape index (κ2) is 8.14. The van der Waals surface area contributed by atoms with E-state index in [0.29, 0.717) is 0 Å². The molecule has 1 aromatic rings. The summed E-state index contributed by atoms with van der Waals surface area (Å²) in [5, 5.41) is 11.9. The Balaban J connectivity index is 2.44. The highest BCUT2D eigenvalue weighted by Crippen LogP contribution is 2.25. The highest BCUT2D eigenvalue weighted by Gasteiger charge is 2.06. The molecule has 0 aliphatic heterocycles. The summed E-state index contributed by atoms with van der Waals surface area (Å²) >= 11 is 3.89. The first-order valence-electron chi connectivity index (χ1n) is 5.49. The lowest BCUT2D eigenvalue weighted by Crippen LogP contribution is -2.05. The topological polar surface area (TPSA) is 20.2 Å². The van der Waals surface area contributed by atoms with Gasteiger partial charge in [-0.25, -0.2) is 0 Å². The Kier molecular flexibility index (Phi) is 7.16. The summed E-state index contributed by atoms with van der Waals surface area (Å²) < 4.78 is 1.03. The molecule has 16 heavy (non-hydrogen) atoms. The third-order valence-corrected chi connectivity index (χ3v) is 4.57. The van der Waals surface area contributed by atoms with Crippen molar-refractivity contribution in [2.24, 2.45) is 0 Å². The van der Waals surface area contributed by atoms with Crippen molar-refractivity contribution < 1.29 is 5.11 Å². The zero-order chi connectivity index (χ0) is 11.8. The van der Waals surface area contributed by atoms with Gasteiger partial charge in [0.2, 0.25) is 0 Å². The molecule has 1 rings (SSSR count). The van der Waals surface area contributed by atoms with Crippen LogP contribution in [0.3, 0.4) is 0 Å². The number of halogens is 1. The fourth-order valence-corrected chi connectivity index (χ4v) is 2.65. The molecule has 0 saturated carbocycles. The second-order valence-electron chi connectivity index (χ2n) is 3.59. The van der Waals surface area contributed by atoms with Gasteiger partial charge in [0, 0.05) is 8.48 Å². The van der Waals surface area contributed by atoms with Crippen LogP contribution in [0.5, 0.6) is 0 Å². The standard InChI is InChI=1S/C13H17IOS/c1-2-3-9-13(15)12(14)10-16-11-7-5-4-6-8-11/h4-8,10,13,15H,2-3,9H2,1H3/b12-10+. The van der Waals surface area contributed by atoms with E-state index >= 15 is 0 Å². The number of hydrogen-bond acceptors (Lipinski definition) is 2. The smallest absolute Gasteiger partial charge is 0.0851 e. The molecule has 88 valence electrons. The molecule has 1 nitrogen and oxygen atoms in total. The van der Waals surface area contributed by atoms with E-state index in [0.717, 1.165) is 22.8 Å². The van der Waals surface area contributed by atoms with Gasteiger partial charge in [-0.05, 0) is 46.6 Å². The van der Waals surface area contributed by atoms with Gasteiger partial charge in [-0.1, -0.05) is 49.7 Å². The lowest BCUT2D eigenvalue weighted by Gasteiger charge is -2.08. The SMILES string of the molecule is CCCCC(O)/C(I)=C\Sc1ccccc1. The van der Waals surface area contributed by atoms with E-state index in [1.807, 2.05) is 23.6 Å². The maximum Gasteiger partial charge on any atom is 0.0851 e. The van der Waals surface area contributed by atoms with Gasteiger partial charge in [-0.2, -0.15) is 0 Å². The first-order valence-corrected chi connectivity index (χ1v) is 7.45. The van der Waals surface area contributed by atoms with Crippen LogP contribution in [-0.4, -0.2) is 11.2 Å². The number of aliphatic hydroxyl groups excluding tert-OH is 1. The van der Waals surface area contributed by atoms with Crippen molar-refractivity contribution in [2.45, 2.75) is 37.2 Å². The van der Waals surface area contributed by atoms with Crippen LogP contribution in [0.1, 0.15) is 26.2 Å². The van der Waals surface area contributed by atoms with Crippen LogP contribution in [-0.2, 0) is 0 Å². The third-order valence-electron chi connectivity index (χ3n) is 2.20. The number of unbranched alkanes of at least 4 members (excludes halogenated alkanes) is 1. The number of thioether (sulfide) groups is 1. The monoisotopic (exact) mass is 348 g/mol. The van der Waals surface area contributed by atoms with E-state index < -0.39 is 0 Å². The molecule has 0 aliphatic rings. The number of rotatable bonds is 6. The van der Waals surface area contributed by atoms with Crippen LogP contribution >= 0.6 is 34.4 Å². The number of hydrogen-bond donors (Lipinski definition) is 1. The quantitative estimate of drug-likeness (QED) is 0.599. The van der Waals surface area contributed by atoms with E-state index in [4.69, 9.17) is 0 Å². The Morgan fingerprint density at radius 1 is 1.44 bits per heavy atom. The van der Waals surface area contributed by atoms with E-state index in [1.165, 1.54) is 4.90 Å². The molecule has 1 unspecified atom stereocenters. The van der Waals surface area contributed by atoms with Crippen molar-refractivity contribution in [2.75, 3.05) is 0 Å². The first kappa shape index (κ1) is 14.1.